The van der Waals surface area contributed by atoms with Crippen LogP contribution in [0.1, 0.15) is 29.7 Å². The van der Waals surface area contributed by atoms with Gasteiger partial charge in [-0.2, -0.15) is 5.26 Å². The van der Waals surface area contributed by atoms with Crippen molar-refractivity contribution in [2.45, 2.75) is 30.8 Å². The Balaban J connectivity index is 1.60. The molecular weight excluding hydrogens is 357 g/mol. The van der Waals surface area contributed by atoms with Gasteiger partial charge < -0.3 is 5.32 Å². The molecule has 2 heterocycles. The van der Waals surface area contributed by atoms with Crippen LogP contribution in [0.3, 0.4) is 0 Å². The lowest BCUT2D eigenvalue weighted by Gasteiger charge is -2.57. The van der Waals surface area contributed by atoms with Gasteiger partial charge >= 0.3 is 6.03 Å². The van der Waals surface area contributed by atoms with Crippen molar-refractivity contribution in [3.05, 3.63) is 59.2 Å². The summed E-state index contributed by atoms with van der Waals surface area (Å²) < 4.78 is 13.8. The maximum absolute atomic E-state index is 13.8. The molecule has 2 aliphatic rings. The molecule has 1 saturated heterocycles. The molecule has 2 amide bonds. The minimum absolute atomic E-state index is 0.166. The summed E-state index contributed by atoms with van der Waals surface area (Å²) in [5.41, 5.74) is 2.12. The fourth-order valence-electron chi connectivity index (χ4n) is 4.62. The van der Waals surface area contributed by atoms with Gasteiger partial charge in [-0.1, -0.05) is 12.1 Å². The van der Waals surface area contributed by atoms with E-state index in [1.807, 2.05) is 33.2 Å². The number of pyridine rings is 1. The molecule has 1 aliphatic carbocycles. The predicted molar refractivity (Wildman–Crippen MR) is 103 cm³/mol. The maximum atomic E-state index is 13.8. The number of nitriles is 1. The number of hydrogen-bond acceptors (Lipinski definition) is 4. The van der Waals surface area contributed by atoms with Crippen molar-refractivity contribution in [3.8, 4) is 6.07 Å². The molecule has 0 bridgehead atoms. The summed E-state index contributed by atoms with van der Waals surface area (Å²) in [4.78, 5) is 20.6. The van der Waals surface area contributed by atoms with Gasteiger partial charge in [0.15, 0.2) is 0 Å². The van der Waals surface area contributed by atoms with E-state index >= 15 is 0 Å². The molecule has 1 aromatic heterocycles. The van der Waals surface area contributed by atoms with Crippen molar-refractivity contribution >= 4 is 11.7 Å². The molecule has 1 saturated carbocycles. The monoisotopic (exact) mass is 379 g/mol. The molecule has 2 fully saturated rings. The van der Waals surface area contributed by atoms with E-state index in [1.54, 1.807) is 29.3 Å². The summed E-state index contributed by atoms with van der Waals surface area (Å²) in [5.74, 6) is -0.254. The summed E-state index contributed by atoms with van der Waals surface area (Å²) in [7, 11) is 3.97. The Morgan fingerprint density at radius 1 is 1.32 bits per heavy atom. The second-order valence-electron chi connectivity index (χ2n) is 8.05. The number of halogens is 1. The van der Waals surface area contributed by atoms with Gasteiger partial charge in [0.05, 0.1) is 29.5 Å². The Bertz CT molecular complexity index is 991. The zero-order valence-electron chi connectivity index (χ0n) is 16.2. The van der Waals surface area contributed by atoms with Crippen molar-refractivity contribution in [3.63, 3.8) is 0 Å². The topological polar surface area (TPSA) is 72.3 Å². The third-order valence-corrected chi connectivity index (χ3v) is 6.05. The number of carbonyl (C=O) groups excluding carboxylic acids is 1. The molecule has 0 atom stereocenters. The van der Waals surface area contributed by atoms with E-state index in [4.69, 9.17) is 5.26 Å². The Labute approximate surface area is 163 Å². The van der Waals surface area contributed by atoms with Gasteiger partial charge in [-0.15, -0.1) is 0 Å². The molecule has 1 spiro atoms. The molecular formula is C21H22FN5O. The van der Waals surface area contributed by atoms with Gasteiger partial charge in [0.25, 0.3) is 0 Å². The van der Waals surface area contributed by atoms with Gasteiger partial charge in [-0.05, 0) is 63.2 Å². The number of nitrogens with zero attached hydrogens (tertiary/aromatic N) is 4. The van der Waals surface area contributed by atoms with E-state index in [1.165, 1.54) is 6.07 Å². The van der Waals surface area contributed by atoms with E-state index < -0.39 is 0 Å². The van der Waals surface area contributed by atoms with Gasteiger partial charge in [0, 0.05) is 0 Å². The fraction of sp³-hybridized carbons (Fsp3) is 0.381. The Morgan fingerprint density at radius 3 is 2.68 bits per heavy atom. The predicted octanol–water partition coefficient (Wildman–Crippen LogP) is 2.92. The van der Waals surface area contributed by atoms with Crippen LogP contribution >= 0.6 is 0 Å². The summed E-state index contributed by atoms with van der Waals surface area (Å²) >= 11 is 0. The van der Waals surface area contributed by atoms with Crippen LogP contribution in [0.15, 0.2) is 36.5 Å². The van der Waals surface area contributed by atoms with E-state index in [9.17, 15) is 9.18 Å². The second-order valence-corrected chi connectivity index (χ2v) is 8.05. The highest BCUT2D eigenvalue weighted by Crippen LogP contribution is 2.53. The van der Waals surface area contributed by atoms with Crippen molar-refractivity contribution in [1.82, 2.24) is 15.2 Å². The summed E-state index contributed by atoms with van der Waals surface area (Å²) in [6, 6.07) is 10.2. The average Bonchev–Trinajstić information content (AvgIpc) is 2.97. The number of aromatic nitrogens is 1. The third-order valence-electron chi connectivity index (χ3n) is 6.05. The molecule has 4 rings (SSSR count). The second kappa shape index (κ2) is 6.28. The molecule has 6 nitrogen and oxygen atoms in total. The minimum Gasteiger partial charge on any atom is -0.330 e. The third kappa shape index (κ3) is 2.72. The van der Waals surface area contributed by atoms with Crippen molar-refractivity contribution in [2.75, 3.05) is 25.5 Å². The number of hydrogen-bond donors (Lipinski definition) is 1. The van der Waals surface area contributed by atoms with Crippen LogP contribution in [0, 0.1) is 24.1 Å². The van der Waals surface area contributed by atoms with Gasteiger partial charge in [-0.25, -0.2) is 14.2 Å². The fourth-order valence-corrected chi connectivity index (χ4v) is 4.62. The molecule has 7 heteroatoms. The number of nitrogens with one attached hydrogen (secondary N) is 1. The van der Waals surface area contributed by atoms with Crippen LogP contribution < -0.4 is 10.2 Å². The zero-order chi connectivity index (χ0) is 20.1. The highest BCUT2D eigenvalue weighted by Gasteiger charge is 2.61. The van der Waals surface area contributed by atoms with Crippen LogP contribution in [0.4, 0.5) is 14.9 Å². The number of anilines is 1. The number of urea groups is 1. The highest BCUT2D eigenvalue weighted by atomic mass is 19.1. The smallest absolute Gasteiger partial charge is 0.322 e. The van der Waals surface area contributed by atoms with Gasteiger partial charge in [0.2, 0.25) is 0 Å². The number of carbonyl (C=O) groups is 1. The molecule has 2 aromatic rings. The molecule has 144 valence electrons. The van der Waals surface area contributed by atoms with Crippen LogP contribution in [0.5, 0.6) is 0 Å². The van der Waals surface area contributed by atoms with Gasteiger partial charge in [0.1, 0.15) is 17.6 Å². The molecule has 28 heavy (non-hydrogen) atoms. The average molecular weight is 379 g/mol. The lowest BCUT2D eigenvalue weighted by molar-refractivity contribution is -0.0171. The van der Waals surface area contributed by atoms with Gasteiger partial charge in [-0.3, -0.25) is 9.80 Å². The largest absolute Gasteiger partial charge is 0.330 e. The number of rotatable bonds is 3. The van der Waals surface area contributed by atoms with Crippen LogP contribution in [-0.2, 0) is 5.54 Å². The minimum atomic E-state index is -0.367. The molecule has 1 N–H and O–H groups in total. The molecule has 1 aromatic carbocycles. The zero-order valence-corrected chi connectivity index (χ0v) is 16.2. The van der Waals surface area contributed by atoms with E-state index in [0.717, 1.165) is 11.1 Å². The van der Waals surface area contributed by atoms with E-state index in [2.05, 4.69) is 15.2 Å². The number of amides is 2. The van der Waals surface area contributed by atoms with Crippen molar-refractivity contribution < 1.29 is 9.18 Å². The lowest BCUT2D eigenvalue weighted by atomic mass is 9.59. The molecule has 0 radical (unpaired) electrons. The lowest BCUT2D eigenvalue weighted by Crippen LogP contribution is -2.66. The van der Waals surface area contributed by atoms with Crippen molar-refractivity contribution in [2.24, 2.45) is 0 Å². The normalized spacial score (nSPS) is 26.3. The SMILES string of the molecule is Cc1cc(C#N)ncc1N1C[C@]2(C[C@](c3cccc(F)c3)(N(C)C)C2)NC1=O. The molecule has 1 aliphatic heterocycles. The first kappa shape index (κ1) is 18.4. The van der Waals surface area contributed by atoms with Crippen LogP contribution in [0.25, 0.3) is 0 Å². The first-order chi connectivity index (χ1) is 13.3. The maximum Gasteiger partial charge on any atom is 0.322 e. The van der Waals surface area contributed by atoms with E-state index in [0.29, 0.717) is 30.8 Å². The first-order valence-corrected chi connectivity index (χ1v) is 9.19. The highest BCUT2D eigenvalue weighted by molar-refractivity contribution is 5.96. The van der Waals surface area contributed by atoms with Crippen molar-refractivity contribution in [1.29, 1.82) is 5.26 Å². The van der Waals surface area contributed by atoms with Crippen LogP contribution in [0.2, 0.25) is 0 Å². The molecule has 0 unspecified atom stereocenters. The quantitative estimate of drug-likeness (QED) is 0.890. The standard InChI is InChI=1S/C21H22FN5O/c1-14-7-17(9-23)24-10-18(14)27-13-20(25-19(27)28)11-21(12-20,26(2)3)15-5-4-6-16(22)8-15/h4-8,10H,11-13H2,1-3H3,(H,25,28)/t20-,21+. The summed E-state index contributed by atoms with van der Waals surface area (Å²) in [5, 5.41) is 12.1. The summed E-state index contributed by atoms with van der Waals surface area (Å²) in [6.07, 6.45) is 2.97. The number of benzene rings is 1. The van der Waals surface area contributed by atoms with Crippen LogP contribution in [-0.4, -0.2) is 42.1 Å². The Morgan fingerprint density at radius 2 is 2.07 bits per heavy atom. The Kier molecular flexibility index (Phi) is 4.12. The van der Waals surface area contributed by atoms with E-state index in [-0.39, 0.29) is 22.9 Å². The first-order valence-electron chi connectivity index (χ1n) is 9.19. The summed E-state index contributed by atoms with van der Waals surface area (Å²) in [6.45, 7) is 2.39. The number of aryl methyl sites for hydroxylation is 1. The Hall–Kier alpha value is -2.98.